The van der Waals surface area contributed by atoms with Gasteiger partial charge in [-0.3, -0.25) is 14.3 Å². The van der Waals surface area contributed by atoms with Gasteiger partial charge < -0.3 is 10.1 Å². The maximum atomic E-state index is 13.7. The standard InChI is InChI=1S/C24H23F2N5O2/c1-2-33-14-13-31-23-21(9-8-20(30-23)16-6-7-18(25)19(26)15-16)29-22(24(31)32)28-12-10-17-5-3-4-11-27-17/h3-9,11,15H,2,10,12-14H2,1H3,(H,28,29). The zero-order valence-electron chi connectivity index (χ0n) is 18.1. The molecule has 9 heteroatoms. The predicted molar refractivity (Wildman–Crippen MR) is 122 cm³/mol. The fourth-order valence-electron chi connectivity index (χ4n) is 3.41. The molecule has 0 atom stereocenters. The van der Waals surface area contributed by atoms with Gasteiger partial charge in [-0.05, 0) is 49.4 Å². The predicted octanol–water partition coefficient (Wildman–Crippen LogP) is 3.82. The minimum atomic E-state index is -0.964. The third-order valence-corrected chi connectivity index (χ3v) is 5.07. The van der Waals surface area contributed by atoms with E-state index in [0.717, 1.165) is 17.8 Å². The largest absolute Gasteiger partial charge is 0.380 e. The van der Waals surface area contributed by atoms with E-state index in [1.165, 1.54) is 10.6 Å². The van der Waals surface area contributed by atoms with E-state index >= 15 is 0 Å². The van der Waals surface area contributed by atoms with Crippen LogP contribution in [0.2, 0.25) is 0 Å². The molecular weight excluding hydrogens is 428 g/mol. The zero-order chi connectivity index (χ0) is 23.2. The lowest BCUT2D eigenvalue weighted by Gasteiger charge is -2.13. The Kier molecular flexibility index (Phi) is 6.99. The number of halogens is 2. The molecule has 3 heterocycles. The van der Waals surface area contributed by atoms with Gasteiger partial charge in [-0.2, -0.15) is 0 Å². The van der Waals surface area contributed by atoms with Gasteiger partial charge in [0.15, 0.2) is 23.1 Å². The molecule has 0 radical (unpaired) electrons. The first-order valence-corrected chi connectivity index (χ1v) is 10.7. The van der Waals surface area contributed by atoms with Crippen LogP contribution in [0.15, 0.2) is 59.5 Å². The minimum absolute atomic E-state index is 0.206. The summed E-state index contributed by atoms with van der Waals surface area (Å²) in [6.07, 6.45) is 2.35. The lowest BCUT2D eigenvalue weighted by molar-refractivity contribution is 0.139. The fourth-order valence-corrected chi connectivity index (χ4v) is 3.41. The monoisotopic (exact) mass is 451 g/mol. The second kappa shape index (κ2) is 10.3. The van der Waals surface area contributed by atoms with Crippen LogP contribution in [-0.2, 0) is 17.7 Å². The van der Waals surface area contributed by atoms with Crippen molar-refractivity contribution in [2.45, 2.75) is 19.9 Å². The number of pyridine rings is 2. The highest BCUT2D eigenvalue weighted by Crippen LogP contribution is 2.22. The molecule has 0 spiro atoms. The number of aromatic nitrogens is 4. The van der Waals surface area contributed by atoms with Crippen molar-refractivity contribution in [2.75, 3.05) is 25.1 Å². The van der Waals surface area contributed by atoms with E-state index in [1.807, 2.05) is 25.1 Å². The van der Waals surface area contributed by atoms with Gasteiger partial charge in [0.1, 0.15) is 5.52 Å². The third-order valence-electron chi connectivity index (χ3n) is 5.07. The summed E-state index contributed by atoms with van der Waals surface area (Å²) in [5, 5.41) is 3.10. The Morgan fingerprint density at radius 2 is 1.94 bits per heavy atom. The van der Waals surface area contributed by atoms with E-state index in [9.17, 15) is 13.6 Å². The van der Waals surface area contributed by atoms with Gasteiger partial charge in [-0.25, -0.2) is 18.7 Å². The van der Waals surface area contributed by atoms with Gasteiger partial charge in [0.2, 0.25) is 0 Å². The summed E-state index contributed by atoms with van der Waals surface area (Å²) < 4.78 is 34.0. The third kappa shape index (κ3) is 5.20. The van der Waals surface area contributed by atoms with Gasteiger partial charge in [-0.1, -0.05) is 6.07 Å². The van der Waals surface area contributed by atoms with Crippen LogP contribution in [0.25, 0.3) is 22.4 Å². The maximum Gasteiger partial charge on any atom is 0.295 e. The molecule has 0 saturated carbocycles. The molecule has 4 aromatic rings. The molecule has 1 N–H and O–H groups in total. The molecular formula is C24H23F2N5O2. The number of hydrogen-bond donors (Lipinski definition) is 1. The van der Waals surface area contributed by atoms with E-state index in [4.69, 9.17) is 4.74 Å². The van der Waals surface area contributed by atoms with E-state index in [2.05, 4.69) is 20.3 Å². The smallest absolute Gasteiger partial charge is 0.295 e. The number of anilines is 1. The van der Waals surface area contributed by atoms with Crippen LogP contribution in [0.1, 0.15) is 12.6 Å². The van der Waals surface area contributed by atoms with Gasteiger partial charge in [0.05, 0.1) is 18.8 Å². The number of ether oxygens (including phenoxy) is 1. The Balaban J connectivity index is 1.69. The Morgan fingerprint density at radius 3 is 2.70 bits per heavy atom. The quantitative estimate of drug-likeness (QED) is 0.390. The van der Waals surface area contributed by atoms with Gasteiger partial charge >= 0.3 is 0 Å². The highest BCUT2D eigenvalue weighted by molar-refractivity contribution is 5.76. The molecule has 170 valence electrons. The SMILES string of the molecule is CCOCCn1c(=O)c(NCCc2ccccn2)nc2ccc(-c3ccc(F)c(F)c3)nc21. The van der Waals surface area contributed by atoms with Crippen molar-refractivity contribution in [1.29, 1.82) is 0 Å². The number of hydrogen-bond acceptors (Lipinski definition) is 6. The summed E-state index contributed by atoms with van der Waals surface area (Å²) >= 11 is 0. The maximum absolute atomic E-state index is 13.7. The number of fused-ring (bicyclic) bond motifs is 1. The minimum Gasteiger partial charge on any atom is -0.380 e. The Labute approximate surface area is 189 Å². The first-order chi connectivity index (χ1) is 16.1. The summed E-state index contributed by atoms with van der Waals surface area (Å²) in [6.45, 7) is 3.46. The molecule has 0 aliphatic rings. The molecule has 33 heavy (non-hydrogen) atoms. The molecule has 0 aliphatic carbocycles. The summed E-state index contributed by atoms with van der Waals surface area (Å²) in [4.78, 5) is 26.5. The van der Waals surface area contributed by atoms with Crippen LogP contribution in [0.5, 0.6) is 0 Å². The van der Waals surface area contributed by atoms with E-state index in [1.54, 1.807) is 18.3 Å². The zero-order valence-corrected chi connectivity index (χ0v) is 18.1. The van der Waals surface area contributed by atoms with Gasteiger partial charge in [0, 0.05) is 37.0 Å². The van der Waals surface area contributed by atoms with Crippen molar-refractivity contribution < 1.29 is 13.5 Å². The van der Waals surface area contributed by atoms with Gasteiger partial charge in [-0.15, -0.1) is 0 Å². The number of nitrogens with zero attached hydrogens (tertiary/aromatic N) is 4. The van der Waals surface area contributed by atoms with Crippen LogP contribution < -0.4 is 10.9 Å². The van der Waals surface area contributed by atoms with Crippen molar-refractivity contribution in [1.82, 2.24) is 19.5 Å². The number of rotatable bonds is 9. The lowest BCUT2D eigenvalue weighted by atomic mass is 10.1. The van der Waals surface area contributed by atoms with Crippen LogP contribution in [0, 0.1) is 11.6 Å². The van der Waals surface area contributed by atoms with E-state index in [-0.39, 0.29) is 17.9 Å². The van der Waals surface area contributed by atoms with Crippen LogP contribution >= 0.6 is 0 Å². The molecule has 3 aromatic heterocycles. The molecule has 0 saturated heterocycles. The molecule has 0 fully saturated rings. The van der Waals surface area contributed by atoms with Crippen LogP contribution in [-0.4, -0.2) is 39.3 Å². The number of benzene rings is 1. The average molecular weight is 451 g/mol. The van der Waals surface area contributed by atoms with Crippen LogP contribution in [0.4, 0.5) is 14.6 Å². The van der Waals surface area contributed by atoms with Crippen molar-refractivity contribution in [3.63, 3.8) is 0 Å². The summed E-state index contributed by atoms with van der Waals surface area (Å²) in [5.41, 5.74) is 2.22. The second-order valence-electron chi connectivity index (χ2n) is 7.28. The van der Waals surface area contributed by atoms with Crippen molar-refractivity contribution in [3.05, 3.63) is 82.4 Å². The molecule has 0 amide bonds. The summed E-state index contributed by atoms with van der Waals surface area (Å²) in [7, 11) is 0. The molecule has 7 nitrogen and oxygen atoms in total. The van der Waals surface area contributed by atoms with Gasteiger partial charge in [0.25, 0.3) is 5.56 Å². The Bertz CT molecular complexity index is 1310. The van der Waals surface area contributed by atoms with Crippen LogP contribution in [0.3, 0.4) is 0 Å². The molecule has 1 aromatic carbocycles. The Hall–Kier alpha value is -3.72. The molecule has 0 aliphatic heterocycles. The summed E-state index contributed by atoms with van der Waals surface area (Å²) in [6, 6.07) is 12.6. The average Bonchev–Trinajstić information content (AvgIpc) is 2.83. The highest BCUT2D eigenvalue weighted by atomic mass is 19.2. The molecule has 0 bridgehead atoms. The number of nitrogens with one attached hydrogen (secondary N) is 1. The highest BCUT2D eigenvalue weighted by Gasteiger charge is 2.14. The fraction of sp³-hybridized carbons (Fsp3) is 0.250. The Morgan fingerprint density at radius 1 is 1.06 bits per heavy atom. The van der Waals surface area contributed by atoms with Crippen molar-refractivity contribution in [2.24, 2.45) is 0 Å². The van der Waals surface area contributed by atoms with Crippen molar-refractivity contribution >= 4 is 17.0 Å². The lowest BCUT2D eigenvalue weighted by Crippen LogP contribution is -2.28. The normalized spacial score (nSPS) is 11.1. The second-order valence-corrected chi connectivity index (χ2v) is 7.28. The first-order valence-electron chi connectivity index (χ1n) is 10.7. The van der Waals surface area contributed by atoms with Crippen molar-refractivity contribution in [3.8, 4) is 11.3 Å². The molecule has 4 rings (SSSR count). The summed E-state index contributed by atoms with van der Waals surface area (Å²) in [5.74, 6) is -1.69. The first kappa shape index (κ1) is 22.5. The van der Waals surface area contributed by atoms with E-state index in [0.29, 0.717) is 48.6 Å². The molecule has 0 unspecified atom stereocenters. The topological polar surface area (TPSA) is 81.9 Å². The van der Waals surface area contributed by atoms with E-state index < -0.39 is 11.6 Å².